The van der Waals surface area contributed by atoms with Crippen molar-refractivity contribution in [2.24, 2.45) is 5.16 Å². The van der Waals surface area contributed by atoms with Crippen molar-refractivity contribution in [2.45, 2.75) is 12.8 Å². The van der Waals surface area contributed by atoms with Crippen molar-refractivity contribution in [2.75, 3.05) is 0 Å². The zero-order valence-electron chi connectivity index (χ0n) is 10.6. The highest BCUT2D eigenvalue weighted by molar-refractivity contribution is 6.00. The molecule has 2 aromatic rings. The summed E-state index contributed by atoms with van der Waals surface area (Å²) in [4.78, 5) is 0. The summed E-state index contributed by atoms with van der Waals surface area (Å²) in [7, 11) is 0. The maximum absolute atomic E-state index is 9.04. The number of rotatable bonds is 3. The van der Waals surface area contributed by atoms with Gasteiger partial charge in [-0.15, -0.1) is 0 Å². The van der Waals surface area contributed by atoms with Gasteiger partial charge < -0.3 is 5.21 Å². The lowest BCUT2D eigenvalue weighted by atomic mass is 10.1. The third-order valence-electron chi connectivity index (χ3n) is 2.72. The van der Waals surface area contributed by atoms with Crippen molar-refractivity contribution in [3.63, 3.8) is 0 Å². The number of hydrogen-bond donors (Lipinski definition) is 1. The van der Waals surface area contributed by atoms with Crippen LogP contribution in [-0.4, -0.2) is 10.9 Å². The lowest BCUT2D eigenvalue weighted by molar-refractivity contribution is 0.318. The molecule has 0 aliphatic rings. The molecular formula is C17H15NO. The van der Waals surface area contributed by atoms with Crippen LogP contribution in [0, 0.1) is 11.8 Å². The number of nitrogens with zero attached hydrogens (tertiary/aromatic N) is 1. The number of hydrogen-bond acceptors (Lipinski definition) is 2. The van der Waals surface area contributed by atoms with Crippen molar-refractivity contribution in [1.82, 2.24) is 0 Å². The van der Waals surface area contributed by atoms with Crippen LogP contribution in [-0.2, 0) is 0 Å². The van der Waals surface area contributed by atoms with Crippen LogP contribution < -0.4 is 0 Å². The Morgan fingerprint density at radius 2 is 1.58 bits per heavy atom. The first kappa shape index (κ1) is 12.9. The highest BCUT2D eigenvalue weighted by Gasteiger charge is 2.01. The Kier molecular flexibility index (Phi) is 4.78. The predicted octanol–water partition coefficient (Wildman–Crippen LogP) is 3.70. The topological polar surface area (TPSA) is 32.6 Å². The molecule has 0 heterocycles. The van der Waals surface area contributed by atoms with Crippen LogP contribution in [0.3, 0.4) is 0 Å². The molecule has 0 unspecified atom stereocenters. The molecule has 0 radical (unpaired) electrons. The molecule has 0 aliphatic heterocycles. The average Bonchev–Trinajstić information content (AvgIpc) is 2.49. The van der Waals surface area contributed by atoms with Crippen LogP contribution in [0.1, 0.15) is 24.0 Å². The Balaban J connectivity index is 1.94. The third-order valence-corrected chi connectivity index (χ3v) is 2.72. The third kappa shape index (κ3) is 4.01. The predicted molar refractivity (Wildman–Crippen MR) is 77.3 cm³/mol. The van der Waals surface area contributed by atoms with Gasteiger partial charge in [0.15, 0.2) is 0 Å². The normalized spacial score (nSPS) is 10.6. The highest BCUT2D eigenvalue weighted by Crippen LogP contribution is 2.06. The molecule has 0 saturated heterocycles. The van der Waals surface area contributed by atoms with Crippen molar-refractivity contribution in [1.29, 1.82) is 0 Å². The molecule has 0 atom stereocenters. The molecule has 0 bridgehead atoms. The lowest BCUT2D eigenvalue weighted by Crippen LogP contribution is -1.99. The van der Waals surface area contributed by atoms with Gasteiger partial charge in [0.1, 0.15) is 0 Å². The molecule has 2 rings (SSSR count). The average molecular weight is 249 g/mol. The van der Waals surface area contributed by atoms with Crippen molar-refractivity contribution in [3.8, 4) is 11.8 Å². The molecule has 2 aromatic carbocycles. The fourth-order valence-corrected chi connectivity index (χ4v) is 1.75. The lowest BCUT2D eigenvalue weighted by Gasteiger charge is -2.01. The minimum Gasteiger partial charge on any atom is -0.411 e. The van der Waals surface area contributed by atoms with E-state index in [9.17, 15) is 0 Å². The maximum atomic E-state index is 9.04. The first-order valence-corrected chi connectivity index (χ1v) is 6.20. The molecule has 2 nitrogen and oxygen atoms in total. The summed E-state index contributed by atoms with van der Waals surface area (Å²) in [6, 6.07) is 19.5. The summed E-state index contributed by atoms with van der Waals surface area (Å²) in [6.45, 7) is 0. The molecule has 0 saturated carbocycles. The van der Waals surface area contributed by atoms with Crippen LogP contribution >= 0.6 is 0 Å². The second-order valence-electron chi connectivity index (χ2n) is 4.08. The van der Waals surface area contributed by atoms with E-state index in [0.29, 0.717) is 18.6 Å². The Labute approximate surface area is 113 Å². The molecule has 0 aromatic heterocycles. The SMILES string of the molecule is O/N=C(/CCC#Cc1ccccc1)c1ccccc1. The Hall–Kier alpha value is -2.53. The smallest absolute Gasteiger partial charge is 0.0877 e. The zero-order valence-corrected chi connectivity index (χ0v) is 10.6. The standard InChI is InChI=1S/C17H15NO/c19-18-17(16-12-5-2-6-13-16)14-8-7-11-15-9-3-1-4-10-15/h1-6,9-10,12-13,19H,8,14H2/b18-17-. The number of oxime groups is 1. The van der Waals surface area contributed by atoms with Gasteiger partial charge in [-0.3, -0.25) is 0 Å². The second-order valence-corrected chi connectivity index (χ2v) is 4.08. The first-order chi connectivity index (χ1) is 9.40. The summed E-state index contributed by atoms with van der Waals surface area (Å²) in [5.41, 5.74) is 2.61. The van der Waals surface area contributed by atoms with E-state index >= 15 is 0 Å². The molecule has 1 N–H and O–H groups in total. The van der Waals surface area contributed by atoms with Gasteiger partial charge in [0.2, 0.25) is 0 Å². The van der Waals surface area contributed by atoms with Gasteiger partial charge in [-0.1, -0.05) is 65.5 Å². The zero-order chi connectivity index (χ0) is 13.3. The van der Waals surface area contributed by atoms with Crippen LogP contribution in [0.4, 0.5) is 0 Å². The van der Waals surface area contributed by atoms with E-state index in [0.717, 1.165) is 11.1 Å². The monoisotopic (exact) mass is 249 g/mol. The van der Waals surface area contributed by atoms with Crippen LogP contribution in [0.5, 0.6) is 0 Å². The van der Waals surface area contributed by atoms with Gasteiger partial charge in [0, 0.05) is 18.4 Å². The molecule has 0 amide bonds. The largest absolute Gasteiger partial charge is 0.411 e. The van der Waals surface area contributed by atoms with Gasteiger partial charge >= 0.3 is 0 Å². The van der Waals surface area contributed by atoms with E-state index in [1.807, 2.05) is 60.7 Å². The van der Waals surface area contributed by atoms with Crippen LogP contribution in [0.15, 0.2) is 65.8 Å². The minimum absolute atomic E-state index is 0.639. The maximum Gasteiger partial charge on any atom is 0.0877 e. The van der Waals surface area contributed by atoms with Gasteiger partial charge in [-0.25, -0.2) is 0 Å². The highest BCUT2D eigenvalue weighted by atomic mass is 16.4. The molecule has 0 spiro atoms. The van der Waals surface area contributed by atoms with Crippen LogP contribution in [0.25, 0.3) is 0 Å². The van der Waals surface area contributed by atoms with Crippen molar-refractivity contribution >= 4 is 5.71 Å². The second kappa shape index (κ2) is 7.03. The van der Waals surface area contributed by atoms with E-state index in [4.69, 9.17) is 5.21 Å². The van der Waals surface area contributed by atoms with E-state index in [-0.39, 0.29) is 0 Å². The molecule has 0 aliphatic carbocycles. The Bertz CT molecular complexity index is 591. The summed E-state index contributed by atoms with van der Waals surface area (Å²) in [5, 5.41) is 12.4. The van der Waals surface area contributed by atoms with Gasteiger partial charge in [0.25, 0.3) is 0 Å². The first-order valence-electron chi connectivity index (χ1n) is 6.20. The van der Waals surface area contributed by atoms with Crippen molar-refractivity contribution in [3.05, 3.63) is 71.8 Å². The van der Waals surface area contributed by atoms with Gasteiger partial charge in [-0.2, -0.15) is 0 Å². The van der Waals surface area contributed by atoms with E-state index < -0.39 is 0 Å². The summed E-state index contributed by atoms with van der Waals surface area (Å²) >= 11 is 0. The molecular weight excluding hydrogens is 234 g/mol. The van der Waals surface area contributed by atoms with Crippen molar-refractivity contribution < 1.29 is 5.21 Å². The quantitative estimate of drug-likeness (QED) is 0.382. The summed E-state index contributed by atoms with van der Waals surface area (Å²) in [5.74, 6) is 6.18. The summed E-state index contributed by atoms with van der Waals surface area (Å²) in [6.07, 6.45) is 1.31. The van der Waals surface area contributed by atoms with E-state index in [1.165, 1.54) is 0 Å². The Morgan fingerprint density at radius 3 is 2.21 bits per heavy atom. The van der Waals surface area contributed by atoms with Crippen LogP contribution in [0.2, 0.25) is 0 Å². The Morgan fingerprint density at radius 1 is 0.947 bits per heavy atom. The molecule has 94 valence electrons. The molecule has 2 heteroatoms. The van der Waals surface area contributed by atoms with Gasteiger partial charge in [0.05, 0.1) is 5.71 Å². The summed E-state index contributed by atoms with van der Waals surface area (Å²) < 4.78 is 0. The fourth-order valence-electron chi connectivity index (χ4n) is 1.75. The van der Waals surface area contributed by atoms with E-state index in [1.54, 1.807) is 0 Å². The fraction of sp³-hybridized carbons (Fsp3) is 0.118. The van der Waals surface area contributed by atoms with E-state index in [2.05, 4.69) is 17.0 Å². The molecule has 0 fully saturated rings. The number of benzene rings is 2. The minimum atomic E-state index is 0.639. The van der Waals surface area contributed by atoms with Gasteiger partial charge in [-0.05, 0) is 17.7 Å². The molecule has 19 heavy (non-hydrogen) atoms.